The minimum absolute atomic E-state index is 0.112. The third-order valence-electron chi connectivity index (χ3n) is 7.46. The highest BCUT2D eigenvalue weighted by Crippen LogP contribution is 2.63. The highest BCUT2D eigenvalue weighted by atomic mass is 16.6. The molecule has 2 fully saturated rings. The molecule has 1 aliphatic carbocycles. The van der Waals surface area contributed by atoms with Gasteiger partial charge in [-0.3, -0.25) is 14.4 Å². The molecule has 7 nitrogen and oxygen atoms in total. The molecule has 4 rings (SSSR count). The van der Waals surface area contributed by atoms with E-state index in [1.54, 1.807) is 13.8 Å². The minimum Gasteiger partial charge on any atom is -0.465 e. The second-order valence-electron chi connectivity index (χ2n) is 10.3. The topological polar surface area (TPSA) is 82.1 Å². The van der Waals surface area contributed by atoms with E-state index in [4.69, 9.17) is 14.2 Å². The summed E-state index contributed by atoms with van der Waals surface area (Å²) in [6.07, 6.45) is -0.271. The zero-order valence-corrected chi connectivity index (χ0v) is 21.7. The lowest BCUT2D eigenvalue weighted by Crippen LogP contribution is -2.67. The van der Waals surface area contributed by atoms with Crippen LogP contribution in [0.25, 0.3) is 0 Å². The van der Waals surface area contributed by atoms with E-state index in [9.17, 15) is 14.4 Å². The summed E-state index contributed by atoms with van der Waals surface area (Å²) in [5.74, 6) is -3.17. The lowest BCUT2D eigenvalue weighted by Gasteiger charge is -2.58. The molecule has 0 N–H and O–H groups in total. The third-order valence-corrected chi connectivity index (χ3v) is 7.46. The Balaban J connectivity index is 1.90. The molecule has 0 bridgehead atoms. The molecular weight excluding hydrogens is 458 g/mol. The summed E-state index contributed by atoms with van der Waals surface area (Å²) in [6, 6.07) is 17.7. The second kappa shape index (κ2) is 9.96. The summed E-state index contributed by atoms with van der Waals surface area (Å²) in [7, 11) is 1.96. The molecule has 1 heterocycles. The van der Waals surface area contributed by atoms with Gasteiger partial charge in [0.25, 0.3) is 0 Å². The number of hydrogen-bond acceptors (Lipinski definition) is 7. The molecule has 2 aromatic carbocycles. The predicted molar refractivity (Wildman–Crippen MR) is 135 cm³/mol. The van der Waals surface area contributed by atoms with Crippen LogP contribution in [0.4, 0.5) is 5.69 Å². The first-order chi connectivity index (χ1) is 17.2. The lowest BCUT2D eigenvalue weighted by atomic mass is 9.49. The highest BCUT2D eigenvalue weighted by molar-refractivity contribution is 6.03. The van der Waals surface area contributed by atoms with Gasteiger partial charge in [0.15, 0.2) is 5.41 Å². The molecule has 0 aromatic heterocycles. The van der Waals surface area contributed by atoms with Gasteiger partial charge in [0, 0.05) is 30.6 Å². The van der Waals surface area contributed by atoms with Gasteiger partial charge in [0.05, 0.1) is 13.2 Å². The number of esters is 3. The Morgan fingerprint density at radius 2 is 1.56 bits per heavy atom. The summed E-state index contributed by atoms with van der Waals surface area (Å²) < 4.78 is 16.7. The Morgan fingerprint density at radius 3 is 2.14 bits per heavy atom. The van der Waals surface area contributed by atoms with E-state index in [0.29, 0.717) is 6.54 Å². The van der Waals surface area contributed by atoms with Crippen molar-refractivity contribution in [2.75, 3.05) is 25.2 Å². The quantitative estimate of drug-likeness (QED) is 0.304. The Hall–Kier alpha value is -3.35. The van der Waals surface area contributed by atoms with Gasteiger partial charge in [0.2, 0.25) is 0 Å². The van der Waals surface area contributed by atoms with Crippen LogP contribution in [0.1, 0.15) is 51.2 Å². The van der Waals surface area contributed by atoms with Gasteiger partial charge < -0.3 is 19.1 Å². The molecule has 2 aromatic rings. The molecule has 2 aliphatic rings. The Bertz CT molecular complexity index is 1110. The molecule has 1 saturated heterocycles. The fraction of sp³-hybridized carbons (Fsp3) is 0.483. The molecule has 1 aliphatic heterocycles. The number of para-hydroxylation sites is 1. The number of carbonyl (C=O) groups is 3. The van der Waals surface area contributed by atoms with Crippen molar-refractivity contribution in [1.82, 2.24) is 0 Å². The number of benzene rings is 2. The SMILES string of the molecule is CCOC(=O)C1(C(=O)OCC)CC(C)(C)[C@H]2OC(=O)[C@H]2[C@@H]1c1ccccc1N(C)Cc1ccccc1. The van der Waals surface area contributed by atoms with E-state index in [1.165, 1.54) is 0 Å². The first-order valence-corrected chi connectivity index (χ1v) is 12.6. The van der Waals surface area contributed by atoms with Crippen LogP contribution >= 0.6 is 0 Å². The first kappa shape index (κ1) is 25.7. The standard InChI is InChI=1S/C29H35NO6/c1-6-34-26(32)29(27(33)35-7-2)18-28(3,4)24-22(25(31)36-24)23(29)20-15-11-12-16-21(20)30(5)17-19-13-9-8-10-14-19/h8-16,22-24H,6-7,17-18H2,1-5H3/t22-,23-,24-/m0/s1. The number of ether oxygens (including phenoxy) is 3. The van der Waals surface area contributed by atoms with Crippen LogP contribution in [0.2, 0.25) is 0 Å². The van der Waals surface area contributed by atoms with Gasteiger partial charge in [-0.25, -0.2) is 0 Å². The van der Waals surface area contributed by atoms with Crippen molar-refractivity contribution in [2.24, 2.45) is 16.7 Å². The highest BCUT2D eigenvalue weighted by Gasteiger charge is 2.72. The monoisotopic (exact) mass is 493 g/mol. The van der Waals surface area contributed by atoms with Crippen LogP contribution < -0.4 is 4.90 Å². The summed E-state index contributed by atoms with van der Waals surface area (Å²) >= 11 is 0. The number of carbonyl (C=O) groups excluding carboxylic acids is 3. The van der Waals surface area contributed by atoms with E-state index in [-0.39, 0.29) is 19.6 Å². The van der Waals surface area contributed by atoms with Crippen molar-refractivity contribution in [3.05, 3.63) is 65.7 Å². The van der Waals surface area contributed by atoms with Crippen molar-refractivity contribution in [1.29, 1.82) is 0 Å². The predicted octanol–water partition coefficient (Wildman–Crippen LogP) is 4.49. The van der Waals surface area contributed by atoms with E-state index in [2.05, 4.69) is 4.90 Å². The van der Waals surface area contributed by atoms with Gasteiger partial charge in [0.1, 0.15) is 12.0 Å². The number of fused-ring (bicyclic) bond motifs is 1. The number of hydrogen-bond donors (Lipinski definition) is 0. The minimum atomic E-state index is -1.68. The average molecular weight is 494 g/mol. The summed E-state index contributed by atoms with van der Waals surface area (Å²) in [4.78, 5) is 42.6. The Labute approximate surface area is 212 Å². The maximum Gasteiger partial charge on any atom is 0.324 e. The normalized spacial score (nSPS) is 23.5. The van der Waals surface area contributed by atoms with Crippen molar-refractivity contribution in [3.63, 3.8) is 0 Å². The van der Waals surface area contributed by atoms with Crippen molar-refractivity contribution in [3.8, 4) is 0 Å². The van der Waals surface area contributed by atoms with Gasteiger partial charge >= 0.3 is 17.9 Å². The number of nitrogens with zero attached hydrogens (tertiary/aromatic N) is 1. The fourth-order valence-electron chi connectivity index (χ4n) is 6.02. The van der Waals surface area contributed by atoms with Crippen LogP contribution in [0.5, 0.6) is 0 Å². The zero-order valence-electron chi connectivity index (χ0n) is 21.7. The molecular formula is C29H35NO6. The lowest BCUT2D eigenvalue weighted by molar-refractivity contribution is -0.231. The van der Waals surface area contributed by atoms with Crippen LogP contribution in [-0.2, 0) is 35.1 Å². The summed E-state index contributed by atoms with van der Waals surface area (Å²) in [5, 5.41) is 0. The van der Waals surface area contributed by atoms with Crippen LogP contribution in [0.15, 0.2) is 54.6 Å². The van der Waals surface area contributed by atoms with Crippen molar-refractivity contribution >= 4 is 23.6 Å². The smallest absolute Gasteiger partial charge is 0.324 e. The van der Waals surface area contributed by atoms with Crippen molar-refractivity contribution in [2.45, 2.75) is 52.7 Å². The molecule has 3 atom stereocenters. The molecule has 0 radical (unpaired) electrons. The Kier molecular flexibility index (Phi) is 7.12. The number of rotatable bonds is 8. The molecule has 1 saturated carbocycles. The van der Waals surface area contributed by atoms with Crippen molar-refractivity contribution < 1.29 is 28.6 Å². The van der Waals surface area contributed by atoms with E-state index < -0.39 is 46.7 Å². The molecule has 0 amide bonds. The maximum absolute atomic E-state index is 13.8. The summed E-state index contributed by atoms with van der Waals surface area (Å²) in [5.41, 5.74) is 0.378. The average Bonchev–Trinajstić information content (AvgIpc) is 2.84. The van der Waals surface area contributed by atoms with Gasteiger partial charge in [-0.15, -0.1) is 0 Å². The second-order valence-corrected chi connectivity index (χ2v) is 10.3. The van der Waals surface area contributed by atoms with Gasteiger partial charge in [-0.1, -0.05) is 62.4 Å². The molecule has 0 spiro atoms. The number of anilines is 1. The van der Waals surface area contributed by atoms with Crippen LogP contribution in [0.3, 0.4) is 0 Å². The Morgan fingerprint density at radius 1 is 0.972 bits per heavy atom. The van der Waals surface area contributed by atoms with Crippen LogP contribution in [-0.4, -0.2) is 44.3 Å². The van der Waals surface area contributed by atoms with Gasteiger partial charge in [-0.05, 0) is 37.5 Å². The largest absolute Gasteiger partial charge is 0.465 e. The van der Waals surface area contributed by atoms with E-state index >= 15 is 0 Å². The third kappa shape index (κ3) is 4.25. The molecule has 7 heteroatoms. The molecule has 192 valence electrons. The van der Waals surface area contributed by atoms with E-state index in [1.807, 2.05) is 75.5 Å². The maximum atomic E-state index is 13.8. The zero-order chi connectivity index (χ0) is 26.1. The molecule has 36 heavy (non-hydrogen) atoms. The summed E-state index contributed by atoms with van der Waals surface area (Å²) in [6.45, 7) is 8.11. The fourth-order valence-corrected chi connectivity index (χ4v) is 6.02. The van der Waals surface area contributed by atoms with Crippen LogP contribution in [0, 0.1) is 16.7 Å². The molecule has 0 unspecified atom stereocenters. The van der Waals surface area contributed by atoms with Gasteiger partial charge in [-0.2, -0.15) is 0 Å². The van der Waals surface area contributed by atoms with E-state index in [0.717, 1.165) is 16.8 Å². The first-order valence-electron chi connectivity index (χ1n) is 12.6.